The van der Waals surface area contributed by atoms with Crippen molar-refractivity contribution in [1.29, 1.82) is 0 Å². The second kappa shape index (κ2) is 10.4. The number of aromatic nitrogens is 1. The second-order valence-electron chi connectivity index (χ2n) is 10.3. The van der Waals surface area contributed by atoms with Gasteiger partial charge < -0.3 is 9.64 Å². The van der Waals surface area contributed by atoms with Gasteiger partial charge in [-0.25, -0.2) is 9.79 Å². The molecule has 6 rings (SSSR count). The number of anilines is 1. The maximum absolute atomic E-state index is 14.3. The van der Waals surface area contributed by atoms with Gasteiger partial charge in [-0.3, -0.25) is 14.2 Å². The number of ether oxygens (including phenoxy) is 1. The second-order valence-corrected chi connectivity index (χ2v) is 11.3. The van der Waals surface area contributed by atoms with Crippen LogP contribution in [-0.2, 0) is 14.3 Å². The highest BCUT2D eigenvalue weighted by Crippen LogP contribution is 2.37. The van der Waals surface area contributed by atoms with Gasteiger partial charge >= 0.3 is 5.97 Å². The quantitative estimate of drug-likeness (QED) is 0.337. The van der Waals surface area contributed by atoms with E-state index in [2.05, 4.69) is 13.8 Å². The van der Waals surface area contributed by atoms with Crippen molar-refractivity contribution in [3.05, 3.63) is 126 Å². The molecule has 2 aliphatic rings. The van der Waals surface area contributed by atoms with Crippen LogP contribution in [0.15, 0.2) is 94.2 Å². The molecule has 1 aromatic heterocycles. The molecule has 0 spiro atoms. The van der Waals surface area contributed by atoms with Crippen LogP contribution < -0.4 is 19.8 Å². The Labute approximate surface area is 241 Å². The lowest BCUT2D eigenvalue weighted by Crippen LogP contribution is -2.40. The highest BCUT2D eigenvalue weighted by Gasteiger charge is 2.37. The van der Waals surface area contributed by atoms with Crippen LogP contribution in [0.4, 0.5) is 5.69 Å². The standard InChI is InChI=1S/C33H29N3O4S/c1-5-40-32(39)26-27(21-11-7-6-8-12-21)34-33-36(28(26)22-17-15-20(16-18-22)19(2)3)31(38)29(41-33)25-23-13-9-10-14-24(23)35(4)30(25)37/h6-19,28H,5H2,1-4H3/b29-25-/t28-/m1/s1. The molecule has 3 heterocycles. The number of thiazole rings is 1. The van der Waals surface area contributed by atoms with E-state index in [1.165, 1.54) is 11.3 Å². The number of carbonyl (C=O) groups is 2. The molecule has 206 valence electrons. The number of carbonyl (C=O) groups excluding carboxylic acids is 2. The number of rotatable bonds is 5. The Kier molecular flexibility index (Phi) is 6.79. The summed E-state index contributed by atoms with van der Waals surface area (Å²) in [6.07, 6.45) is 0. The molecule has 41 heavy (non-hydrogen) atoms. The third-order valence-corrected chi connectivity index (χ3v) is 8.60. The topological polar surface area (TPSA) is 81.0 Å². The smallest absolute Gasteiger partial charge is 0.338 e. The minimum Gasteiger partial charge on any atom is -0.463 e. The molecule has 4 aromatic rings. The van der Waals surface area contributed by atoms with Gasteiger partial charge in [-0.1, -0.05) is 98.0 Å². The molecule has 0 unspecified atom stereocenters. The van der Waals surface area contributed by atoms with Crippen molar-refractivity contribution >= 4 is 40.2 Å². The van der Waals surface area contributed by atoms with Crippen LogP contribution >= 0.6 is 11.3 Å². The monoisotopic (exact) mass is 563 g/mol. The summed E-state index contributed by atoms with van der Waals surface area (Å²) in [5, 5.41) is 0. The van der Waals surface area contributed by atoms with Crippen molar-refractivity contribution < 1.29 is 14.3 Å². The first-order chi connectivity index (χ1) is 19.8. The highest BCUT2D eigenvalue weighted by atomic mass is 32.1. The van der Waals surface area contributed by atoms with Gasteiger partial charge in [0, 0.05) is 18.2 Å². The summed E-state index contributed by atoms with van der Waals surface area (Å²) in [6.45, 7) is 6.16. The largest absolute Gasteiger partial charge is 0.463 e. The zero-order valence-electron chi connectivity index (χ0n) is 23.3. The van der Waals surface area contributed by atoms with Crippen molar-refractivity contribution in [2.45, 2.75) is 32.7 Å². The number of esters is 1. The van der Waals surface area contributed by atoms with E-state index >= 15 is 0 Å². The highest BCUT2D eigenvalue weighted by molar-refractivity contribution is 7.07. The van der Waals surface area contributed by atoms with Crippen LogP contribution in [0.3, 0.4) is 0 Å². The molecule has 0 aliphatic carbocycles. The summed E-state index contributed by atoms with van der Waals surface area (Å²) in [5.74, 6) is -0.464. The van der Waals surface area contributed by atoms with E-state index in [0.29, 0.717) is 32.1 Å². The molecule has 0 radical (unpaired) electrons. The average Bonchev–Trinajstić information content (AvgIpc) is 3.44. The van der Waals surface area contributed by atoms with Gasteiger partial charge in [-0.2, -0.15) is 0 Å². The lowest BCUT2D eigenvalue weighted by molar-refractivity contribution is -0.138. The first kappa shape index (κ1) is 26.7. The maximum atomic E-state index is 14.3. The molecule has 0 saturated heterocycles. The molecular weight excluding hydrogens is 534 g/mol. The first-order valence-electron chi connectivity index (χ1n) is 13.6. The lowest BCUT2D eigenvalue weighted by Gasteiger charge is -2.26. The predicted molar refractivity (Wildman–Crippen MR) is 160 cm³/mol. The van der Waals surface area contributed by atoms with Crippen LogP contribution in [0.2, 0.25) is 0 Å². The fraction of sp³-hybridized carbons (Fsp3) is 0.212. The number of hydrogen-bond donors (Lipinski definition) is 0. The van der Waals surface area contributed by atoms with Crippen LogP contribution in [0.1, 0.15) is 55.0 Å². The third kappa shape index (κ3) is 4.35. The Morgan fingerprint density at radius 1 is 0.976 bits per heavy atom. The van der Waals surface area contributed by atoms with Crippen molar-refractivity contribution in [3.8, 4) is 0 Å². The fourth-order valence-corrected chi connectivity index (χ4v) is 6.55. The number of benzene rings is 3. The Morgan fingerprint density at radius 3 is 2.34 bits per heavy atom. The Morgan fingerprint density at radius 2 is 1.66 bits per heavy atom. The van der Waals surface area contributed by atoms with Crippen LogP contribution in [0.25, 0.3) is 11.3 Å². The number of amides is 1. The van der Waals surface area contributed by atoms with Gasteiger partial charge in [0.2, 0.25) is 0 Å². The molecule has 2 aliphatic heterocycles. The Hall–Kier alpha value is -4.56. The molecule has 0 bridgehead atoms. The van der Waals surface area contributed by atoms with Gasteiger partial charge in [0.15, 0.2) is 4.80 Å². The maximum Gasteiger partial charge on any atom is 0.338 e. The normalized spacial score (nSPS) is 17.4. The zero-order valence-corrected chi connectivity index (χ0v) is 24.1. The molecule has 8 heteroatoms. The summed E-state index contributed by atoms with van der Waals surface area (Å²) in [5.41, 5.74) is 4.81. The number of hydrogen-bond acceptors (Lipinski definition) is 6. The van der Waals surface area contributed by atoms with Crippen molar-refractivity contribution in [1.82, 2.24) is 4.57 Å². The van der Waals surface area contributed by atoms with Gasteiger partial charge in [-0.05, 0) is 30.0 Å². The molecular formula is C33H29N3O4S. The lowest BCUT2D eigenvalue weighted by atomic mass is 9.91. The van der Waals surface area contributed by atoms with Crippen molar-refractivity contribution in [2.24, 2.45) is 4.99 Å². The minimum absolute atomic E-state index is 0.176. The van der Waals surface area contributed by atoms with E-state index in [4.69, 9.17) is 9.73 Å². The van der Waals surface area contributed by atoms with Crippen molar-refractivity contribution in [2.75, 3.05) is 18.6 Å². The molecule has 1 atom stereocenters. The van der Waals surface area contributed by atoms with E-state index in [-0.39, 0.29) is 23.6 Å². The zero-order chi connectivity index (χ0) is 28.8. The van der Waals surface area contributed by atoms with Gasteiger partial charge in [0.25, 0.3) is 11.5 Å². The number of nitrogens with zero attached hydrogens (tertiary/aromatic N) is 3. The summed E-state index contributed by atoms with van der Waals surface area (Å²) in [7, 11) is 1.71. The fourth-order valence-electron chi connectivity index (χ4n) is 5.46. The van der Waals surface area contributed by atoms with Crippen LogP contribution in [-0.4, -0.2) is 30.1 Å². The molecule has 3 aromatic carbocycles. The number of likely N-dealkylation sites (N-methyl/N-ethyl adjacent to an activating group) is 1. The van der Waals surface area contributed by atoms with Crippen LogP contribution in [0.5, 0.6) is 0 Å². The van der Waals surface area contributed by atoms with Crippen molar-refractivity contribution in [3.63, 3.8) is 0 Å². The van der Waals surface area contributed by atoms with E-state index in [0.717, 1.165) is 22.4 Å². The molecule has 0 N–H and O–H groups in total. The molecule has 0 fully saturated rings. The number of para-hydroxylation sites is 1. The van der Waals surface area contributed by atoms with E-state index < -0.39 is 12.0 Å². The van der Waals surface area contributed by atoms with E-state index in [1.54, 1.807) is 23.4 Å². The Balaban J connectivity index is 1.70. The van der Waals surface area contributed by atoms with Gasteiger partial charge in [0.05, 0.1) is 35.2 Å². The molecule has 1 amide bonds. The van der Waals surface area contributed by atoms with E-state index in [1.807, 2.05) is 78.9 Å². The minimum atomic E-state index is -0.791. The molecule has 0 saturated carbocycles. The SMILES string of the molecule is CCOC(=O)C1=C(c2ccccc2)N=c2s/c(=C3\C(=O)N(C)c4ccccc43)c(=O)n2[C@@H]1c1ccc(C(C)C)cc1. The third-order valence-electron chi connectivity index (χ3n) is 7.55. The summed E-state index contributed by atoms with van der Waals surface area (Å²) in [4.78, 5) is 48.3. The predicted octanol–water partition coefficient (Wildman–Crippen LogP) is 4.41. The van der Waals surface area contributed by atoms with E-state index in [9.17, 15) is 14.4 Å². The average molecular weight is 564 g/mol. The number of fused-ring (bicyclic) bond motifs is 2. The summed E-state index contributed by atoms with van der Waals surface area (Å²) in [6, 6.07) is 24.0. The van der Waals surface area contributed by atoms with Crippen LogP contribution in [0, 0.1) is 0 Å². The summed E-state index contributed by atoms with van der Waals surface area (Å²) < 4.78 is 7.40. The Bertz CT molecular complexity index is 1900. The molecule has 7 nitrogen and oxygen atoms in total. The van der Waals surface area contributed by atoms with Gasteiger partial charge in [-0.15, -0.1) is 0 Å². The van der Waals surface area contributed by atoms with Gasteiger partial charge in [0.1, 0.15) is 4.53 Å². The first-order valence-corrected chi connectivity index (χ1v) is 14.4. The summed E-state index contributed by atoms with van der Waals surface area (Å²) >= 11 is 1.17.